The van der Waals surface area contributed by atoms with Gasteiger partial charge in [0.1, 0.15) is 6.04 Å². The lowest BCUT2D eigenvalue weighted by Gasteiger charge is -2.14. The van der Waals surface area contributed by atoms with E-state index >= 15 is 0 Å². The van der Waals surface area contributed by atoms with Crippen LogP contribution in [0.2, 0.25) is 0 Å². The summed E-state index contributed by atoms with van der Waals surface area (Å²) in [6.45, 7) is 2.25. The van der Waals surface area contributed by atoms with Crippen LogP contribution in [0, 0.1) is 0 Å². The van der Waals surface area contributed by atoms with E-state index < -0.39 is 12.0 Å². The summed E-state index contributed by atoms with van der Waals surface area (Å²) in [6, 6.07) is 6.89. The Bertz CT molecular complexity index is 871. The van der Waals surface area contributed by atoms with Crippen molar-refractivity contribution in [3.63, 3.8) is 0 Å². The van der Waals surface area contributed by atoms with Crippen molar-refractivity contribution in [1.29, 1.82) is 0 Å². The van der Waals surface area contributed by atoms with E-state index in [0.717, 1.165) is 42.1 Å². The number of carbonyl (C=O) groups is 2. The van der Waals surface area contributed by atoms with Crippen molar-refractivity contribution in [3.8, 4) is 0 Å². The van der Waals surface area contributed by atoms with Crippen molar-refractivity contribution in [1.82, 2.24) is 10.3 Å². The standard InChI is InChI=1S/C29H44N2O3/c1-2-3-4-5-6-7-8-9-10-11-12-13-14-15-16-21-28(32)31-27(29(33)34)22-24-23-30-26-20-18-17-19-25(24)26/h9-10,17-20,23,27,30H,2-8,11-16,21-22H2,1H3,(H,31,32)(H,33,34)/t27-/m0/s1. The molecule has 188 valence electrons. The number of aliphatic carboxylic acids is 1. The van der Waals surface area contributed by atoms with E-state index in [4.69, 9.17) is 0 Å². The average molecular weight is 469 g/mol. The fourth-order valence-electron chi connectivity index (χ4n) is 4.34. The summed E-state index contributed by atoms with van der Waals surface area (Å²) >= 11 is 0. The normalized spacial score (nSPS) is 12.4. The topological polar surface area (TPSA) is 82.2 Å². The van der Waals surface area contributed by atoms with Crippen molar-refractivity contribution >= 4 is 22.8 Å². The summed E-state index contributed by atoms with van der Waals surface area (Å²) in [6.07, 6.45) is 22.9. The van der Waals surface area contributed by atoms with Gasteiger partial charge >= 0.3 is 5.97 Å². The number of hydrogen-bond donors (Lipinski definition) is 3. The first kappa shape index (κ1) is 27.7. The maximum atomic E-state index is 12.3. The van der Waals surface area contributed by atoms with Crippen LogP contribution in [0.15, 0.2) is 42.6 Å². The molecule has 2 rings (SSSR count). The molecule has 0 unspecified atom stereocenters. The molecule has 2 aromatic rings. The highest BCUT2D eigenvalue weighted by Gasteiger charge is 2.21. The van der Waals surface area contributed by atoms with E-state index in [1.54, 1.807) is 0 Å². The van der Waals surface area contributed by atoms with Crippen molar-refractivity contribution < 1.29 is 14.7 Å². The lowest BCUT2D eigenvalue weighted by atomic mass is 10.0. The quantitative estimate of drug-likeness (QED) is 0.149. The first-order valence-electron chi connectivity index (χ1n) is 13.3. The molecule has 0 radical (unpaired) electrons. The van der Waals surface area contributed by atoms with Gasteiger partial charge in [0.15, 0.2) is 0 Å². The number of benzene rings is 1. The van der Waals surface area contributed by atoms with Crippen molar-refractivity contribution in [2.75, 3.05) is 0 Å². The van der Waals surface area contributed by atoms with Crippen LogP contribution in [0.5, 0.6) is 0 Å². The first-order valence-corrected chi connectivity index (χ1v) is 13.3. The number of para-hydroxylation sites is 1. The molecule has 0 saturated heterocycles. The van der Waals surface area contributed by atoms with Crippen LogP contribution in [-0.2, 0) is 16.0 Å². The van der Waals surface area contributed by atoms with Gasteiger partial charge in [0.25, 0.3) is 0 Å². The van der Waals surface area contributed by atoms with Crippen LogP contribution in [0.3, 0.4) is 0 Å². The maximum absolute atomic E-state index is 12.3. The number of allylic oxidation sites excluding steroid dienone is 2. The number of hydrogen-bond acceptors (Lipinski definition) is 2. The summed E-state index contributed by atoms with van der Waals surface area (Å²) in [7, 11) is 0. The molecule has 1 aromatic heterocycles. The number of rotatable bonds is 19. The van der Waals surface area contributed by atoms with Crippen LogP contribution in [0.4, 0.5) is 0 Å². The summed E-state index contributed by atoms with van der Waals surface area (Å²) in [5, 5.41) is 13.3. The molecule has 0 fully saturated rings. The molecule has 34 heavy (non-hydrogen) atoms. The maximum Gasteiger partial charge on any atom is 0.326 e. The lowest BCUT2D eigenvalue weighted by Crippen LogP contribution is -2.42. The molecule has 1 atom stereocenters. The number of carboxylic acid groups (broad SMARTS) is 1. The molecule has 1 amide bonds. The van der Waals surface area contributed by atoms with E-state index in [1.807, 2.05) is 30.5 Å². The lowest BCUT2D eigenvalue weighted by molar-refractivity contribution is -0.141. The predicted octanol–water partition coefficient (Wildman–Crippen LogP) is 7.32. The minimum atomic E-state index is -0.997. The number of nitrogens with one attached hydrogen (secondary N) is 2. The van der Waals surface area contributed by atoms with Crippen LogP contribution >= 0.6 is 0 Å². The molecule has 1 heterocycles. The number of aromatic nitrogens is 1. The van der Waals surface area contributed by atoms with Gasteiger partial charge < -0.3 is 15.4 Å². The van der Waals surface area contributed by atoms with Gasteiger partial charge in [0, 0.05) is 29.9 Å². The first-order chi connectivity index (χ1) is 16.6. The SMILES string of the molecule is CCCCCCCCC=CCCCCCCCC(=O)N[C@@H](Cc1c[nH]c2ccccc12)C(=O)O. The second kappa shape index (κ2) is 17.0. The number of aromatic amines is 1. The van der Waals surface area contributed by atoms with Gasteiger partial charge in [-0.1, -0.05) is 88.6 Å². The monoisotopic (exact) mass is 468 g/mol. The molecule has 3 N–H and O–H groups in total. The summed E-state index contributed by atoms with van der Waals surface area (Å²) < 4.78 is 0. The van der Waals surface area contributed by atoms with Crippen LogP contribution in [0.25, 0.3) is 10.9 Å². The molecule has 5 nitrogen and oxygen atoms in total. The van der Waals surface area contributed by atoms with Gasteiger partial charge in [-0.05, 0) is 43.7 Å². The number of unbranched alkanes of at least 4 members (excludes halogenated alkanes) is 11. The highest BCUT2D eigenvalue weighted by atomic mass is 16.4. The average Bonchev–Trinajstić information content (AvgIpc) is 3.24. The number of fused-ring (bicyclic) bond motifs is 1. The predicted molar refractivity (Wildman–Crippen MR) is 141 cm³/mol. The second-order valence-electron chi connectivity index (χ2n) is 9.36. The summed E-state index contributed by atoms with van der Waals surface area (Å²) in [5.41, 5.74) is 1.88. The highest BCUT2D eigenvalue weighted by molar-refractivity contribution is 5.86. The number of H-pyrrole nitrogens is 1. The van der Waals surface area contributed by atoms with Crippen LogP contribution in [-0.4, -0.2) is 28.0 Å². The Morgan fingerprint density at radius 2 is 1.53 bits per heavy atom. The Kier molecular flexibility index (Phi) is 13.8. The number of amides is 1. The Hall–Kier alpha value is -2.56. The Labute approximate surface area is 205 Å². The van der Waals surface area contributed by atoms with E-state index in [9.17, 15) is 14.7 Å². The Morgan fingerprint density at radius 1 is 0.912 bits per heavy atom. The van der Waals surface area contributed by atoms with E-state index in [2.05, 4.69) is 29.4 Å². The molecular weight excluding hydrogens is 424 g/mol. The number of carboxylic acids is 1. The summed E-state index contributed by atoms with van der Waals surface area (Å²) in [4.78, 5) is 27.1. The van der Waals surface area contributed by atoms with Gasteiger partial charge in [0.05, 0.1) is 0 Å². The van der Waals surface area contributed by atoms with Gasteiger partial charge in [-0.3, -0.25) is 4.79 Å². The largest absolute Gasteiger partial charge is 0.480 e. The van der Waals surface area contributed by atoms with Gasteiger partial charge in [-0.2, -0.15) is 0 Å². The second-order valence-corrected chi connectivity index (χ2v) is 9.36. The molecule has 1 aromatic carbocycles. The third-order valence-corrected chi connectivity index (χ3v) is 6.40. The fourth-order valence-corrected chi connectivity index (χ4v) is 4.34. The smallest absolute Gasteiger partial charge is 0.326 e. The van der Waals surface area contributed by atoms with Crippen molar-refractivity contribution in [2.24, 2.45) is 0 Å². The minimum absolute atomic E-state index is 0.176. The van der Waals surface area contributed by atoms with Gasteiger partial charge in [-0.25, -0.2) is 4.79 Å². The molecule has 0 aliphatic heterocycles. The van der Waals surface area contributed by atoms with Gasteiger partial charge in [0.2, 0.25) is 5.91 Å². The highest BCUT2D eigenvalue weighted by Crippen LogP contribution is 2.19. The van der Waals surface area contributed by atoms with E-state index in [0.29, 0.717) is 6.42 Å². The van der Waals surface area contributed by atoms with Crippen LogP contribution in [0.1, 0.15) is 102 Å². The molecular formula is C29H44N2O3. The zero-order valence-electron chi connectivity index (χ0n) is 21.0. The van der Waals surface area contributed by atoms with Crippen molar-refractivity contribution in [3.05, 3.63) is 48.2 Å². The van der Waals surface area contributed by atoms with Gasteiger partial charge in [-0.15, -0.1) is 0 Å². The Morgan fingerprint density at radius 3 is 2.21 bits per heavy atom. The van der Waals surface area contributed by atoms with E-state index in [1.165, 1.54) is 57.8 Å². The minimum Gasteiger partial charge on any atom is -0.480 e. The third kappa shape index (κ3) is 11.0. The molecule has 0 aliphatic carbocycles. The van der Waals surface area contributed by atoms with Crippen molar-refractivity contribution in [2.45, 2.75) is 109 Å². The molecule has 5 heteroatoms. The third-order valence-electron chi connectivity index (χ3n) is 6.40. The zero-order valence-corrected chi connectivity index (χ0v) is 21.0. The molecule has 0 saturated carbocycles. The fraction of sp³-hybridized carbons (Fsp3) is 0.586. The number of carbonyl (C=O) groups excluding carboxylic acids is 1. The molecule has 0 bridgehead atoms. The van der Waals surface area contributed by atoms with E-state index in [-0.39, 0.29) is 12.3 Å². The van der Waals surface area contributed by atoms with Crippen LogP contribution < -0.4 is 5.32 Å². The summed E-state index contributed by atoms with van der Waals surface area (Å²) in [5.74, 6) is -1.17. The molecule has 0 aliphatic rings. The Balaban J connectivity index is 1.52. The molecule has 0 spiro atoms. The zero-order chi connectivity index (χ0) is 24.4.